The molecular formula is C15H13FN3O6S-. The van der Waals surface area contributed by atoms with Gasteiger partial charge in [0.2, 0.25) is 15.9 Å². The zero-order valence-corrected chi connectivity index (χ0v) is 13.9. The summed E-state index contributed by atoms with van der Waals surface area (Å²) in [4.78, 5) is 21.1. The lowest BCUT2D eigenvalue weighted by molar-refractivity contribution is -0.384. The fourth-order valence-corrected chi connectivity index (χ4v) is 3.38. The van der Waals surface area contributed by atoms with Crippen LogP contribution in [-0.2, 0) is 14.8 Å². The van der Waals surface area contributed by atoms with Crippen LogP contribution in [0.15, 0.2) is 53.4 Å². The van der Waals surface area contributed by atoms with Crippen molar-refractivity contribution in [3.05, 3.63) is 75.2 Å². The lowest BCUT2D eigenvalue weighted by atomic mass is 10.0. The molecule has 9 nitrogen and oxygen atoms in total. The highest BCUT2D eigenvalue weighted by atomic mass is 32.2. The standard InChI is InChI=1S/C15H13FN3O6S/c16-11-3-1-10(2-4-11)14(9-15(20)17-21)18-26(24,25)13-7-5-12(6-8-13)19(22)23/h1-8,14,18H,9H2,(H-,17,20,21)/q-1. The Morgan fingerprint density at radius 1 is 1.12 bits per heavy atom. The first-order valence-corrected chi connectivity index (χ1v) is 8.64. The topological polar surface area (TPSA) is 141 Å². The van der Waals surface area contributed by atoms with Crippen molar-refractivity contribution in [2.45, 2.75) is 17.4 Å². The Hall–Kier alpha value is -2.89. The zero-order valence-electron chi connectivity index (χ0n) is 13.1. The van der Waals surface area contributed by atoms with Gasteiger partial charge in [0.1, 0.15) is 5.82 Å². The van der Waals surface area contributed by atoms with Crippen molar-refractivity contribution in [3.8, 4) is 0 Å². The molecule has 2 aromatic rings. The van der Waals surface area contributed by atoms with Gasteiger partial charge < -0.3 is 10.7 Å². The number of non-ortho nitro benzene ring substituents is 1. The minimum atomic E-state index is -4.16. The lowest BCUT2D eigenvalue weighted by Crippen LogP contribution is -2.32. The smallest absolute Gasteiger partial charge is 0.269 e. The third-order valence-corrected chi connectivity index (χ3v) is 4.92. The number of rotatable bonds is 7. The van der Waals surface area contributed by atoms with Crippen LogP contribution in [0.25, 0.3) is 0 Å². The zero-order chi connectivity index (χ0) is 19.3. The number of sulfonamides is 1. The summed E-state index contributed by atoms with van der Waals surface area (Å²) in [6.45, 7) is 0. The number of amides is 1. The molecule has 1 unspecified atom stereocenters. The molecule has 0 aliphatic carbocycles. The van der Waals surface area contributed by atoms with Crippen molar-refractivity contribution < 1.29 is 22.5 Å². The molecule has 2 aromatic carbocycles. The predicted molar refractivity (Wildman–Crippen MR) is 88.7 cm³/mol. The second-order valence-electron chi connectivity index (χ2n) is 5.21. The van der Waals surface area contributed by atoms with Crippen molar-refractivity contribution in [1.82, 2.24) is 10.2 Å². The number of nitro benzene ring substituents is 1. The van der Waals surface area contributed by atoms with Crippen molar-refractivity contribution in [2.75, 3.05) is 0 Å². The molecule has 1 atom stereocenters. The van der Waals surface area contributed by atoms with E-state index in [9.17, 15) is 32.9 Å². The summed E-state index contributed by atoms with van der Waals surface area (Å²) in [6, 6.07) is 7.69. The molecule has 0 saturated carbocycles. The van der Waals surface area contributed by atoms with E-state index in [1.54, 1.807) is 0 Å². The first kappa shape index (κ1) is 19.4. The Kier molecular flexibility index (Phi) is 5.97. The van der Waals surface area contributed by atoms with Crippen LogP contribution in [0.4, 0.5) is 10.1 Å². The molecule has 11 heteroatoms. The van der Waals surface area contributed by atoms with Crippen LogP contribution in [0, 0.1) is 21.1 Å². The number of carbonyl (C=O) groups is 1. The molecule has 0 bridgehead atoms. The Balaban J connectivity index is 2.31. The number of nitrogens with zero attached hydrogens (tertiary/aromatic N) is 1. The fraction of sp³-hybridized carbons (Fsp3) is 0.133. The number of hydroxylamine groups is 1. The Morgan fingerprint density at radius 2 is 1.69 bits per heavy atom. The van der Waals surface area contributed by atoms with Crippen molar-refractivity contribution in [2.24, 2.45) is 0 Å². The quantitative estimate of drug-likeness (QED) is 0.552. The van der Waals surface area contributed by atoms with Gasteiger partial charge in [0, 0.05) is 18.6 Å². The second-order valence-corrected chi connectivity index (χ2v) is 6.92. The van der Waals surface area contributed by atoms with E-state index in [0.717, 1.165) is 41.9 Å². The third kappa shape index (κ3) is 4.81. The molecule has 26 heavy (non-hydrogen) atoms. The minimum Gasteiger partial charge on any atom is -0.759 e. The first-order chi connectivity index (χ1) is 12.2. The molecule has 0 radical (unpaired) electrons. The Labute approximate surface area is 147 Å². The fourth-order valence-electron chi connectivity index (χ4n) is 2.15. The summed E-state index contributed by atoms with van der Waals surface area (Å²) in [5.41, 5.74) is 1.13. The van der Waals surface area contributed by atoms with Gasteiger partial charge in [-0.05, 0) is 29.8 Å². The third-order valence-electron chi connectivity index (χ3n) is 3.43. The maximum atomic E-state index is 13.1. The van der Waals surface area contributed by atoms with Crippen molar-refractivity contribution in [1.29, 1.82) is 0 Å². The van der Waals surface area contributed by atoms with Crippen molar-refractivity contribution >= 4 is 21.6 Å². The highest BCUT2D eigenvalue weighted by molar-refractivity contribution is 7.89. The predicted octanol–water partition coefficient (Wildman–Crippen LogP) is 1.76. The molecule has 1 amide bonds. The van der Waals surface area contributed by atoms with Crippen LogP contribution in [-0.4, -0.2) is 19.2 Å². The highest BCUT2D eigenvalue weighted by Gasteiger charge is 2.24. The summed E-state index contributed by atoms with van der Waals surface area (Å²) in [6.07, 6.45) is -0.513. The van der Waals surface area contributed by atoms with Gasteiger partial charge in [-0.2, -0.15) is 0 Å². The molecular weight excluding hydrogens is 369 g/mol. The summed E-state index contributed by atoms with van der Waals surface area (Å²) in [5, 5.41) is 21.1. The van der Waals surface area contributed by atoms with E-state index < -0.39 is 39.1 Å². The average Bonchev–Trinajstić information content (AvgIpc) is 2.61. The van der Waals surface area contributed by atoms with Crippen LogP contribution in [0.5, 0.6) is 0 Å². The van der Waals surface area contributed by atoms with E-state index in [2.05, 4.69) is 4.72 Å². The van der Waals surface area contributed by atoms with Gasteiger partial charge in [-0.15, -0.1) is 0 Å². The molecule has 2 rings (SSSR count). The molecule has 0 fully saturated rings. The Bertz CT molecular complexity index is 900. The molecule has 0 spiro atoms. The molecule has 0 aromatic heterocycles. The van der Waals surface area contributed by atoms with Crippen LogP contribution in [0.1, 0.15) is 18.0 Å². The van der Waals surface area contributed by atoms with Gasteiger partial charge >= 0.3 is 0 Å². The van der Waals surface area contributed by atoms with Gasteiger partial charge in [-0.25, -0.2) is 17.5 Å². The average molecular weight is 382 g/mol. The van der Waals surface area contributed by atoms with Gasteiger partial charge in [0.25, 0.3) is 5.69 Å². The summed E-state index contributed by atoms with van der Waals surface area (Å²) in [5.74, 6) is -1.52. The number of hydrogen-bond acceptors (Lipinski definition) is 6. The van der Waals surface area contributed by atoms with Crippen LogP contribution in [0.2, 0.25) is 0 Å². The number of benzene rings is 2. The van der Waals surface area contributed by atoms with E-state index in [1.165, 1.54) is 12.1 Å². The molecule has 0 heterocycles. The molecule has 0 aliphatic heterocycles. The van der Waals surface area contributed by atoms with E-state index in [-0.39, 0.29) is 16.1 Å². The molecule has 0 aliphatic rings. The van der Waals surface area contributed by atoms with E-state index >= 15 is 0 Å². The Morgan fingerprint density at radius 3 is 2.19 bits per heavy atom. The van der Waals surface area contributed by atoms with E-state index in [0.29, 0.717) is 0 Å². The molecule has 138 valence electrons. The number of carbonyl (C=O) groups excluding carboxylic acids is 1. The summed E-state index contributed by atoms with van der Waals surface area (Å²) in [7, 11) is -4.16. The SMILES string of the molecule is O=C(CC(NS(=O)(=O)c1ccc([N+](=O)[O-])cc1)c1ccc(F)cc1)N[O-]. The van der Waals surface area contributed by atoms with Crippen LogP contribution < -0.4 is 10.2 Å². The van der Waals surface area contributed by atoms with Gasteiger partial charge in [0.15, 0.2) is 0 Å². The second kappa shape index (κ2) is 7.99. The number of nitrogens with one attached hydrogen (secondary N) is 2. The van der Waals surface area contributed by atoms with Gasteiger partial charge in [0.05, 0.1) is 15.9 Å². The van der Waals surface area contributed by atoms with Crippen LogP contribution in [0.3, 0.4) is 0 Å². The van der Waals surface area contributed by atoms with Gasteiger partial charge in [-0.1, -0.05) is 12.1 Å². The number of nitro groups is 1. The monoisotopic (exact) mass is 382 g/mol. The van der Waals surface area contributed by atoms with E-state index in [1.807, 2.05) is 0 Å². The van der Waals surface area contributed by atoms with E-state index in [4.69, 9.17) is 0 Å². The maximum Gasteiger partial charge on any atom is 0.269 e. The number of halogens is 1. The maximum absolute atomic E-state index is 13.1. The molecule has 2 N–H and O–H groups in total. The number of hydrogen-bond donors (Lipinski definition) is 2. The summed E-state index contributed by atoms with van der Waals surface area (Å²) < 4.78 is 40.2. The van der Waals surface area contributed by atoms with Crippen LogP contribution >= 0.6 is 0 Å². The molecule has 0 saturated heterocycles. The minimum absolute atomic E-state index is 0.264. The summed E-state index contributed by atoms with van der Waals surface area (Å²) >= 11 is 0. The van der Waals surface area contributed by atoms with Gasteiger partial charge in [-0.3, -0.25) is 14.9 Å². The lowest BCUT2D eigenvalue weighted by Gasteiger charge is -2.20. The highest BCUT2D eigenvalue weighted by Crippen LogP contribution is 2.22. The first-order valence-electron chi connectivity index (χ1n) is 7.16. The normalized spacial score (nSPS) is 12.4. The largest absolute Gasteiger partial charge is 0.759 e. The van der Waals surface area contributed by atoms with Crippen molar-refractivity contribution in [3.63, 3.8) is 0 Å².